The number of hydrogen-bond acceptors (Lipinski definition) is 9. The fourth-order valence-corrected chi connectivity index (χ4v) is 5.51. The Morgan fingerprint density at radius 2 is 1.56 bits per heavy atom. The predicted molar refractivity (Wildman–Crippen MR) is 188 cm³/mol. The Balaban J connectivity index is 1.77. The molecule has 1 aliphatic rings. The van der Waals surface area contributed by atoms with Gasteiger partial charge in [0.25, 0.3) is 0 Å². The van der Waals surface area contributed by atoms with Crippen LogP contribution in [-0.4, -0.2) is 100 Å². The van der Waals surface area contributed by atoms with Gasteiger partial charge in [0.05, 0.1) is 24.6 Å². The molecule has 1 unspecified atom stereocenters. The molecule has 0 aliphatic carbocycles. The minimum atomic E-state index is -1.24. The standard InChI is InChI=1S/C37H52N6O7/c1-36(2,3)41-32(45)22-28-23-43(35(48)50-37(4,5)6)20-19-42(28)24-31(44)30(21-26-13-9-7-10-14-26)39-33(46)29(17-18-38)40-34(47)49-25-27-15-11-8-12-16-27/h7-16,28-31,44H,17,19-25H2,1-6H3,(H,39,46)(H,40,47)(H,41,45)/t28?,29-,30-,31+/m0/s1. The number of rotatable bonds is 13. The maximum atomic E-state index is 13.5. The summed E-state index contributed by atoms with van der Waals surface area (Å²) >= 11 is 0. The van der Waals surface area contributed by atoms with Crippen LogP contribution in [0.3, 0.4) is 0 Å². The quantitative estimate of drug-likeness (QED) is 0.245. The summed E-state index contributed by atoms with van der Waals surface area (Å²) in [6.45, 7) is 11.9. The average Bonchev–Trinajstić information content (AvgIpc) is 3.03. The van der Waals surface area contributed by atoms with Crippen molar-refractivity contribution in [3.8, 4) is 6.07 Å². The van der Waals surface area contributed by atoms with Gasteiger partial charge in [-0.2, -0.15) is 5.26 Å². The molecule has 2 aromatic rings. The second kappa shape index (κ2) is 18.4. The number of β-amino-alcohol motifs (C(OH)–C–C–N with tert-alkyl or cyclic N) is 1. The lowest BCUT2D eigenvalue weighted by Gasteiger charge is -2.43. The van der Waals surface area contributed by atoms with Crippen molar-refractivity contribution in [2.24, 2.45) is 0 Å². The second-order valence-electron chi connectivity index (χ2n) is 14.6. The fourth-order valence-electron chi connectivity index (χ4n) is 5.51. The van der Waals surface area contributed by atoms with E-state index >= 15 is 0 Å². The molecule has 4 N–H and O–H groups in total. The molecule has 13 nitrogen and oxygen atoms in total. The van der Waals surface area contributed by atoms with Crippen LogP contribution < -0.4 is 16.0 Å². The molecule has 1 aliphatic heterocycles. The molecule has 272 valence electrons. The minimum Gasteiger partial charge on any atom is -0.445 e. The Labute approximate surface area is 295 Å². The van der Waals surface area contributed by atoms with Gasteiger partial charge in [-0.05, 0) is 59.1 Å². The number of nitriles is 1. The van der Waals surface area contributed by atoms with Crippen LogP contribution in [0.5, 0.6) is 0 Å². The maximum absolute atomic E-state index is 13.5. The second-order valence-corrected chi connectivity index (χ2v) is 14.6. The minimum absolute atomic E-state index is 0.0148. The number of nitrogens with zero attached hydrogens (tertiary/aromatic N) is 3. The highest BCUT2D eigenvalue weighted by Crippen LogP contribution is 2.19. The summed E-state index contributed by atoms with van der Waals surface area (Å²) in [5, 5.41) is 29.5. The van der Waals surface area contributed by atoms with Gasteiger partial charge in [0, 0.05) is 44.2 Å². The van der Waals surface area contributed by atoms with E-state index in [0.717, 1.165) is 11.1 Å². The van der Waals surface area contributed by atoms with E-state index in [1.54, 1.807) is 37.8 Å². The van der Waals surface area contributed by atoms with Crippen LogP contribution in [0.1, 0.15) is 65.5 Å². The summed E-state index contributed by atoms with van der Waals surface area (Å²) in [5.74, 6) is -0.856. The van der Waals surface area contributed by atoms with Crippen LogP contribution in [0.25, 0.3) is 0 Å². The van der Waals surface area contributed by atoms with Gasteiger partial charge >= 0.3 is 12.2 Å². The molecule has 0 bridgehead atoms. The SMILES string of the molecule is CC(C)(C)NC(=O)CC1CN(C(=O)OC(C)(C)C)CCN1C[C@@H](O)[C@H](Cc1ccccc1)NC(=O)[C@H](CC#N)NC(=O)OCc1ccccc1. The molecule has 1 saturated heterocycles. The van der Waals surface area contributed by atoms with E-state index in [1.807, 2.05) is 80.3 Å². The fraction of sp³-hybridized carbons (Fsp3) is 0.541. The Morgan fingerprint density at radius 3 is 2.14 bits per heavy atom. The zero-order valence-corrected chi connectivity index (χ0v) is 30.0. The first-order chi connectivity index (χ1) is 23.5. The van der Waals surface area contributed by atoms with Crippen molar-refractivity contribution in [3.63, 3.8) is 0 Å². The Hall–Kier alpha value is -4.67. The van der Waals surface area contributed by atoms with Crippen molar-refractivity contribution >= 4 is 24.0 Å². The number of benzene rings is 2. The lowest BCUT2D eigenvalue weighted by atomic mass is 9.98. The van der Waals surface area contributed by atoms with Crippen LogP contribution in [0.15, 0.2) is 60.7 Å². The van der Waals surface area contributed by atoms with Crippen molar-refractivity contribution in [2.45, 2.75) is 103 Å². The molecule has 13 heteroatoms. The number of aliphatic hydroxyl groups excluding tert-OH is 1. The van der Waals surface area contributed by atoms with Gasteiger partial charge in [0.1, 0.15) is 18.2 Å². The number of alkyl carbamates (subject to hydrolysis) is 1. The highest BCUT2D eigenvalue weighted by atomic mass is 16.6. The van der Waals surface area contributed by atoms with E-state index in [2.05, 4.69) is 16.0 Å². The van der Waals surface area contributed by atoms with Gasteiger partial charge < -0.3 is 35.4 Å². The van der Waals surface area contributed by atoms with Gasteiger partial charge in [0.2, 0.25) is 11.8 Å². The third-order valence-electron chi connectivity index (χ3n) is 7.82. The molecular weight excluding hydrogens is 640 g/mol. The molecule has 0 saturated carbocycles. The number of ether oxygens (including phenoxy) is 2. The molecule has 0 radical (unpaired) electrons. The number of carbonyl (C=O) groups is 4. The monoisotopic (exact) mass is 692 g/mol. The largest absolute Gasteiger partial charge is 0.445 e. The van der Waals surface area contributed by atoms with Crippen molar-refractivity contribution in [3.05, 3.63) is 71.8 Å². The van der Waals surface area contributed by atoms with E-state index in [9.17, 15) is 29.5 Å². The van der Waals surface area contributed by atoms with Gasteiger partial charge in [-0.1, -0.05) is 60.7 Å². The van der Waals surface area contributed by atoms with Crippen molar-refractivity contribution in [1.82, 2.24) is 25.8 Å². The molecule has 2 aromatic carbocycles. The zero-order valence-electron chi connectivity index (χ0n) is 30.0. The molecule has 1 fully saturated rings. The van der Waals surface area contributed by atoms with Crippen LogP contribution in [0, 0.1) is 11.3 Å². The average molecular weight is 693 g/mol. The topological polar surface area (TPSA) is 173 Å². The number of amides is 4. The summed E-state index contributed by atoms with van der Waals surface area (Å²) < 4.78 is 10.9. The molecule has 3 rings (SSSR count). The first-order valence-electron chi connectivity index (χ1n) is 16.9. The number of aliphatic hydroxyl groups is 1. The molecular formula is C37H52N6O7. The molecule has 50 heavy (non-hydrogen) atoms. The maximum Gasteiger partial charge on any atom is 0.410 e. The Kier molecular flexibility index (Phi) is 14.6. The van der Waals surface area contributed by atoms with E-state index in [-0.39, 0.29) is 44.9 Å². The molecule has 4 atom stereocenters. The summed E-state index contributed by atoms with van der Waals surface area (Å²) in [6.07, 6.45) is -2.47. The molecule has 4 amide bonds. The van der Waals surface area contributed by atoms with Crippen LogP contribution in [-0.2, 0) is 32.1 Å². The number of carbonyl (C=O) groups excluding carboxylic acids is 4. The van der Waals surface area contributed by atoms with E-state index < -0.39 is 53.5 Å². The normalized spacial score (nSPS) is 17.0. The van der Waals surface area contributed by atoms with Crippen LogP contribution in [0.2, 0.25) is 0 Å². The summed E-state index contributed by atoms with van der Waals surface area (Å²) in [4.78, 5) is 55.7. The summed E-state index contributed by atoms with van der Waals surface area (Å²) in [5.41, 5.74) is 0.452. The van der Waals surface area contributed by atoms with Gasteiger partial charge in [0.15, 0.2) is 0 Å². The predicted octanol–water partition coefficient (Wildman–Crippen LogP) is 3.51. The highest BCUT2D eigenvalue weighted by Gasteiger charge is 2.36. The third-order valence-corrected chi connectivity index (χ3v) is 7.82. The molecule has 1 heterocycles. The van der Waals surface area contributed by atoms with E-state index in [0.29, 0.717) is 13.1 Å². The molecule has 0 spiro atoms. The first-order valence-corrected chi connectivity index (χ1v) is 16.9. The third kappa shape index (κ3) is 14.1. The Morgan fingerprint density at radius 1 is 0.940 bits per heavy atom. The van der Waals surface area contributed by atoms with Gasteiger partial charge in [-0.3, -0.25) is 14.5 Å². The first kappa shape index (κ1) is 39.8. The van der Waals surface area contributed by atoms with Crippen molar-refractivity contribution in [1.29, 1.82) is 5.26 Å². The van der Waals surface area contributed by atoms with E-state index in [1.165, 1.54) is 0 Å². The van der Waals surface area contributed by atoms with Crippen molar-refractivity contribution < 1.29 is 33.8 Å². The lowest BCUT2D eigenvalue weighted by molar-refractivity contribution is -0.125. The van der Waals surface area contributed by atoms with Gasteiger partial charge in [-0.25, -0.2) is 9.59 Å². The Bertz CT molecular complexity index is 1450. The summed E-state index contributed by atoms with van der Waals surface area (Å²) in [6, 6.07) is 17.8. The number of nitrogens with one attached hydrogen (secondary N) is 3. The molecule has 0 aromatic heterocycles. The summed E-state index contributed by atoms with van der Waals surface area (Å²) in [7, 11) is 0. The van der Waals surface area contributed by atoms with Crippen molar-refractivity contribution in [2.75, 3.05) is 26.2 Å². The van der Waals surface area contributed by atoms with E-state index in [4.69, 9.17) is 9.47 Å². The number of hydrogen-bond donors (Lipinski definition) is 4. The number of piperazine rings is 1. The van der Waals surface area contributed by atoms with Gasteiger partial charge in [-0.15, -0.1) is 0 Å². The highest BCUT2D eigenvalue weighted by molar-refractivity contribution is 5.86. The zero-order chi connectivity index (χ0) is 36.9. The van der Waals surface area contributed by atoms with Crippen LogP contribution >= 0.6 is 0 Å². The smallest absolute Gasteiger partial charge is 0.410 e. The van der Waals surface area contributed by atoms with Crippen LogP contribution in [0.4, 0.5) is 9.59 Å². The lowest BCUT2D eigenvalue weighted by Crippen LogP contribution is -2.60.